The molecule has 0 atom stereocenters. The molecule has 3 aromatic rings. The van der Waals surface area contributed by atoms with Crippen molar-refractivity contribution >= 4 is 28.5 Å². The fraction of sp³-hybridized carbons (Fsp3) is 0.250. The Morgan fingerprint density at radius 3 is 2.68 bits per heavy atom. The van der Waals surface area contributed by atoms with Gasteiger partial charge in [-0.2, -0.15) is 5.26 Å². The van der Waals surface area contributed by atoms with Gasteiger partial charge in [-0.25, -0.2) is 9.18 Å². The van der Waals surface area contributed by atoms with E-state index in [0.29, 0.717) is 16.6 Å². The summed E-state index contributed by atoms with van der Waals surface area (Å²) in [6.45, 7) is -0.362. The Hall–Kier alpha value is -3.79. The molecule has 2 aromatic carbocycles. The molecule has 0 saturated carbocycles. The molecule has 0 unspecified atom stereocenters. The topological polar surface area (TPSA) is 83.3 Å². The second kappa shape index (κ2) is 8.92. The summed E-state index contributed by atoms with van der Waals surface area (Å²) in [4.78, 5) is 31.8. The van der Waals surface area contributed by atoms with Gasteiger partial charge in [0.25, 0.3) is 5.91 Å². The highest BCUT2D eigenvalue weighted by Crippen LogP contribution is 2.30. The number of fused-ring (bicyclic) bond motifs is 2. The number of nitrogens with zero attached hydrogens (tertiary/aromatic N) is 3. The molecule has 0 saturated heterocycles. The Morgan fingerprint density at radius 2 is 1.90 bits per heavy atom. The molecule has 0 N–H and O–H groups in total. The number of rotatable bonds is 6. The zero-order valence-electron chi connectivity index (χ0n) is 16.8. The first-order chi connectivity index (χ1) is 15.1. The van der Waals surface area contributed by atoms with Crippen LogP contribution in [0.4, 0.5) is 10.1 Å². The highest BCUT2D eigenvalue weighted by Gasteiger charge is 2.26. The van der Waals surface area contributed by atoms with Crippen molar-refractivity contribution < 1.29 is 18.7 Å². The number of pyridine rings is 1. The number of benzene rings is 2. The number of ether oxygens (including phenoxy) is 1. The normalized spacial score (nSPS) is 12.3. The molecule has 1 aliphatic carbocycles. The van der Waals surface area contributed by atoms with Crippen LogP contribution in [0, 0.1) is 17.1 Å². The number of hydrogen-bond donors (Lipinski definition) is 0. The van der Waals surface area contributed by atoms with Crippen LogP contribution < -0.4 is 4.90 Å². The number of carbonyl (C=O) groups excluding carboxylic acids is 2. The molecule has 31 heavy (non-hydrogen) atoms. The molecule has 0 spiro atoms. The summed E-state index contributed by atoms with van der Waals surface area (Å²) in [6.07, 6.45) is 2.57. The number of anilines is 1. The molecule has 0 radical (unpaired) electrons. The summed E-state index contributed by atoms with van der Waals surface area (Å²) in [5.41, 5.74) is 3.42. The maximum absolute atomic E-state index is 13.3. The van der Waals surface area contributed by atoms with Crippen molar-refractivity contribution in [1.82, 2.24) is 4.98 Å². The van der Waals surface area contributed by atoms with Crippen molar-refractivity contribution in [3.05, 3.63) is 71.2 Å². The van der Waals surface area contributed by atoms with Crippen molar-refractivity contribution in [3.8, 4) is 6.07 Å². The van der Waals surface area contributed by atoms with Crippen LogP contribution >= 0.6 is 0 Å². The average molecular weight is 417 g/mol. The van der Waals surface area contributed by atoms with E-state index in [1.807, 2.05) is 30.3 Å². The number of halogens is 1. The van der Waals surface area contributed by atoms with Crippen molar-refractivity contribution in [2.24, 2.45) is 0 Å². The van der Waals surface area contributed by atoms with Gasteiger partial charge in [-0.3, -0.25) is 9.78 Å². The Labute approximate surface area is 178 Å². The second-order valence-electron chi connectivity index (χ2n) is 7.29. The van der Waals surface area contributed by atoms with Crippen LogP contribution in [-0.4, -0.2) is 30.0 Å². The maximum atomic E-state index is 13.3. The van der Waals surface area contributed by atoms with Crippen LogP contribution in [0.1, 0.15) is 34.5 Å². The Bertz CT molecular complexity index is 1190. The molecule has 0 fully saturated rings. The van der Waals surface area contributed by atoms with Crippen LogP contribution in [-0.2, 0) is 22.4 Å². The molecule has 1 heterocycles. The minimum Gasteiger partial charge on any atom is -0.452 e. The third kappa shape index (κ3) is 4.24. The van der Waals surface area contributed by atoms with Crippen LogP contribution in [0.25, 0.3) is 10.9 Å². The molecule has 7 heteroatoms. The first-order valence-electron chi connectivity index (χ1n) is 10.1. The molecule has 1 aromatic heterocycles. The fourth-order valence-corrected chi connectivity index (χ4v) is 3.90. The minimum absolute atomic E-state index is 0.0968. The predicted molar refractivity (Wildman–Crippen MR) is 113 cm³/mol. The Kier molecular flexibility index (Phi) is 5.89. The predicted octanol–water partition coefficient (Wildman–Crippen LogP) is 3.97. The maximum Gasteiger partial charge on any atom is 0.339 e. The number of esters is 1. The SMILES string of the molecule is N#CCCN(C(=O)COC(=O)c1c2c(nc3ccccc13)CCC2)c1ccc(F)cc1. The minimum atomic E-state index is -0.565. The zero-order valence-corrected chi connectivity index (χ0v) is 16.8. The van der Waals surface area contributed by atoms with Gasteiger partial charge in [0, 0.05) is 23.3 Å². The van der Waals surface area contributed by atoms with Gasteiger partial charge >= 0.3 is 5.97 Å². The quantitative estimate of drug-likeness (QED) is 0.567. The summed E-state index contributed by atoms with van der Waals surface area (Å²) in [5, 5.41) is 9.61. The van der Waals surface area contributed by atoms with Gasteiger partial charge < -0.3 is 9.64 Å². The van der Waals surface area contributed by atoms with E-state index in [2.05, 4.69) is 4.98 Å². The summed E-state index contributed by atoms with van der Waals surface area (Å²) in [6, 6.07) is 14.8. The monoisotopic (exact) mass is 417 g/mol. The number of nitriles is 1. The van der Waals surface area contributed by atoms with Crippen molar-refractivity contribution in [3.63, 3.8) is 0 Å². The lowest BCUT2D eigenvalue weighted by molar-refractivity contribution is -0.121. The molecule has 0 bridgehead atoms. The van der Waals surface area contributed by atoms with Gasteiger partial charge in [0.1, 0.15) is 5.82 Å². The molecule has 4 rings (SSSR count). The molecular weight excluding hydrogens is 397 g/mol. The summed E-state index contributed by atoms with van der Waals surface area (Å²) in [7, 11) is 0. The van der Waals surface area contributed by atoms with Gasteiger partial charge in [-0.1, -0.05) is 18.2 Å². The van der Waals surface area contributed by atoms with Crippen LogP contribution in [0.5, 0.6) is 0 Å². The highest BCUT2D eigenvalue weighted by molar-refractivity contribution is 6.06. The van der Waals surface area contributed by atoms with Crippen LogP contribution in [0.15, 0.2) is 48.5 Å². The summed E-state index contributed by atoms with van der Waals surface area (Å²) >= 11 is 0. The number of aryl methyl sites for hydroxylation is 1. The Balaban J connectivity index is 1.56. The Morgan fingerprint density at radius 1 is 1.13 bits per heavy atom. The standard InChI is InChI=1S/C24H20FN3O3/c25-16-9-11-17(12-10-16)28(14-4-13-26)22(29)15-31-24(30)23-18-5-1-2-7-20(18)27-21-8-3-6-19(21)23/h1-2,5,7,9-12H,3-4,6,8,14-15H2. The van der Waals surface area contributed by atoms with E-state index in [9.17, 15) is 14.0 Å². The van der Waals surface area contributed by atoms with Crippen molar-refractivity contribution in [1.29, 1.82) is 5.26 Å². The van der Waals surface area contributed by atoms with E-state index in [1.54, 1.807) is 0 Å². The number of aromatic nitrogens is 1. The van der Waals surface area contributed by atoms with Crippen LogP contribution in [0.2, 0.25) is 0 Å². The first kappa shape index (κ1) is 20.5. The van der Waals surface area contributed by atoms with E-state index < -0.39 is 24.3 Å². The van der Waals surface area contributed by atoms with E-state index >= 15 is 0 Å². The smallest absolute Gasteiger partial charge is 0.339 e. The van der Waals surface area contributed by atoms with Crippen LogP contribution in [0.3, 0.4) is 0 Å². The molecule has 156 valence electrons. The molecule has 1 aliphatic rings. The van der Waals surface area contributed by atoms with Gasteiger partial charge in [-0.15, -0.1) is 0 Å². The zero-order chi connectivity index (χ0) is 21.8. The molecule has 1 amide bonds. The molecule has 6 nitrogen and oxygen atoms in total. The largest absolute Gasteiger partial charge is 0.452 e. The van der Waals surface area contributed by atoms with Crippen molar-refractivity contribution in [2.75, 3.05) is 18.1 Å². The van der Waals surface area contributed by atoms with Gasteiger partial charge in [0.2, 0.25) is 0 Å². The van der Waals surface area contributed by atoms with E-state index in [1.165, 1.54) is 29.2 Å². The lowest BCUT2D eigenvalue weighted by atomic mass is 10.0. The highest BCUT2D eigenvalue weighted by atomic mass is 19.1. The third-order valence-electron chi connectivity index (χ3n) is 5.34. The van der Waals surface area contributed by atoms with E-state index in [4.69, 9.17) is 10.00 Å². The number of hydrogen-bond acceptors (Lipinski definition) is 5. The first-order valence-corrected chi connectivity index (χ1v) is 10.1. The van der Waals surface area contributed by atoms with E-state index in [-0.39, 0.29) is 13.0 Å². The third-order valence-corrected chi connectivity index (χ3v) is 5.34. The number of carbonyl (C=O) groups is 2. The average Bonchev–Trinajstić information content (AvgIpc) is 3.25. The van der Waals surface area contributed by atoms with Gasteiger partial charge in [-0.05, 0) is 55.2 Å². The van der Waals surface area contributed by atoms with Gasteiger partial charge in [0.15, 0.2) is 6.61 Å². The van der Waals surface area contributed by atoms with E-state index in [0.717, 1.165) is 36.0 Å². The second-order valence-corrected chi connectivity index (χ2v) is 7.29. The van der Waals surface area contributed by atoms with Crippen molar-refractivity contribution in [2.45, 2.75) is 25.7 Å². The lowest BCUT2D eigenvalue weighted by Gasteiger charge is -2.22. The fourth-order valence-electron chi connectivity index (χ4n) is 3.90. The summed E-state index contributed by atoms with van der Waals surface area (Å²) in [5.74, 6) is -1.48. The summed E-state index contributed by atoms with van der Waals surface area (Å²) < 4.78 is 18.7. The number of para-hydroxylation sites is 1. The molecule has 0 aliphatic heterocycles. The van der Waals surface area contributed by atoms with Gasteiger partial charge in [0.05, 0.1) is 23.6 Å². The molecular formula is C24H20FN3O3. The lowest BCUT2D eigenvalue weighted by Crippen LogP contribution is -2.35. The number of amides is 1.